The molecule has 31 heavy (non-hydrogen) atoms. The summed E-state index contributed by atoms with van der Waals surface area (Å²) >= 11 is 0. The summed E-state index contributed by atoms with van der Waals surface area (Å²) in [5.74, 6) is 3.65. The fourth-order valence-electron chi connectivity index (χ4n) is 3.94. The van der Waals surface area contributed by atoms with E-state index in [4.69, 9.17) is 15.6 Å². The lowest BCUT2D eigenvalue weighted by Crippen LogP contribution is -2.39. The van der Waals surface area contributed by atoms with E-state index in [1.165, 1.54) is 0 Å². The van der Waals surface area contributed by atoms with Crippen LogP contribution in [-0.2, 0) is 17.6 Å². The SMILES string of the molecule is C#CCN1CCc2ccc(OCCc3nc(-c4ccccc4)oc3C)cc2C1C(=O)O. The molecule has 1 unspecified atom stereocenters. The number of benzene rings is 2. The number of terminal acetylenes is 1. The molecule has 4 rings (SSSR count). The van der Waals surface area contributed by atoms with E-state index in [2.05, 4.69) is 10.9 Å². The first-order chi connectivity index (χ1) is 15.1. The molecule has 0 spiro atoms. The Morgan fingerprint density at radius 2 is 2.13 bits per heavy atom. The van der Waals surface area contributed by atoms with Crippen LogP contribution in [0.25, 0.3) is 11.5 Å². The van der Waals surface area contributed by atoms with Gasteiger partial charge in [0, 0.05) is 18.5 Å². The van der Waals surface area contributed by atoms with Gasteiger partial charge in [-0.05, 0) is 48.7 Å². The molecular formula is C25H24N2O4. The van der Waals surface area contributed by atoms with Crippen molar-refractivity contribution in [2.75, 3.05) is 19.7 Å². The number of aliphatic carboxylic acids is 1. The number of aryl methyl sites for hydroxylation is 1. The highest BCUT2D eigenvalue weighted by Gasteiger charge is 2.32. The third-order valence-corrected chi connectivity index (χ3v) is 5.49. The van der Waals surface area contributed by atoms with E-state index >= 15 is 0 Å². The van der Waals surface area contributed by atoms with Crippen molar-refractivity contribution < 1.29 is 19.1 Å². The van der Waals surface area contributed by atoms with Crippen molar-refractivity contribution in [1.82, 2.24) is 9.88 Å². The maximum atomic E-state index is 11.9. The first-order valence-corrected chi connectivity index (χ1v) is 10.2. The topological polar surface area (TPSA) is 75.8 Å². The van der Waals surface area contributed by atoms with Crippen molar-refractivity contribution in [2.45, 2.75) is 25.8 Å². The smallest absolute Gasteiger partial charge is 0.325 e. The average molecular weight is 416 g/mol. The predicted octanol–water partition coefficient (Wildman–Crippen LogP) is 3.89. The van der Waals surface area contributed by atoms with E-state index in [-0.39, 0.29) is 0 Å². The van der Waals surface area contributed by atoms with Gasteiger partial charge < -0.3 is 14.3 Å². The van der Waals surface area contributed by atoms with Gasteiger partial charge in [-0.25, -0.2) is 4.98 Å². The third-order valence-electron chi connectivity index (χ3n) is 5.49. The van der Waals surface area contributed by atoms with Crippen LogP contribution in [0, 0.1) is 19.3 Å². The van der Waals surface area contributed by atoms with Crippen molar-refractivity contribution in [2.24, 2.45) is 0 Å². The molecule has 0 fully saturated rings. The van der Waals surface area contributed by atoms with Crippen molar-refractivity contribution in [3.05, 3.63) is 71.1 Å². The molecule has 6 heteroatoms. The molecule has 6 nitrogen and oxygen atoms in total. The van der Waals surface area contributed by atoms with Crippen LogP contribution in [0.1, 0.15) is 28.6 Å². The Labute approximate surface area is 181 Å². The summed E-state index contributed by atoms with van der Waals surface area (Å²) in [7, 11) is 0. The highest BCUT2D eigenvalue weighted by atomic mass is 16.5. The number of aromatic nitrogens is 1. The maximum absolute atomic E-state index is 11.9. The molecule has 0 amide bonds. The number of hydrogen-bond donors (Lipinski definition) is 1. The van der Waals surface area contributed by atoms with Gasteiger partial charge in [0.25, 0.3) is 0 Å². The zero-order chi connectivity index (χ0) is 21.8. The number of ether oxygens (including phenoxy) is 1. The number of nitrogens with zero attached hydrogens (tertiary/aromatic N) is 2. The third kappa shape index (κ3) is 4.47. The zero-order valence-corrected chi connectivity index (χ0v) is 17.4. The maximum Gasteiger partial charge on any atom is 0.325 e. The highest BCUT2D eigenvalue weighted by molar-refractivity contribution is 5.77. The lowest BCUT2D eigenvalue weighted by Gasteiger charge is -2.33. The summed E-state index contributed by atoms with van der Waals surface area (Å²) in [6.45, 7) is 3.23. The normalized spacial score (nSPS) is 15.8. The molecule has 158 valence electrons. The minimum Gasteiger partial charge on any atom is -0.493 e. The second-order valence-electron chi connectivity index (χ2n) is 7.51. The first kappa shape index (κ1) is 20.7. The number of fused-ring (bicyclic) bond motifs is 1. The van der Waals surface area contributed by atoms with E-state index in [1.54, 1.807) is 4.90 Å². The van der Waals surface area contributed by atoms with E-state index in [1.807, 2.05) is 55.5 Å². The number of carbonyl (C=O) groups is 1. The van der Waals surface area contributed by atoms with Crippen molar-refractivity contribution >= 4 is 5.97 Å². The average Bonchev–Trinajstić information content (AvgIpc) is 3.14. The molecule has 1 aliphatic rings. The standard InChI is InChI=1S/C25H24N2O4/c1-3-13-27-14-11-18-9-10-20(16-21(18)23(27)25(28)29)30-15-12-22-17(2)31-24(26-22)19-7-5-4-6-8-19/h1,4-10,16,23H,11-15H2,2H3,(H,28,29). The second-order valence-corrected chi connectivity index (χ2v) is 7.51. The Kier molecular flexibility index (Phi) is 6.06. The molecule has 1 aromatic heterocycles. The summed E-state index contributed by atoms with van der Waals surface area (Å²) < 4.78 is 11.7. The molecule has 1 N–H and O–H groups in total. The predicted molar refractivity (Wildman–Crippen MR) is 117 cm³/mol. The minimum absolute atomic E-state index is 0.302. The monoisotopic (exact) mass is 416 g/mol. The lowest BCUT2D eigenvalue weighted by atomic mass is 9.92. The lowest BCUT2D eigenvalue weighted by molar-refractivity contribution is -0.143. The van der Waals surface area contributed by atoms with E-state index in [0.29, 0.717) is 37.8 Å². The van der Waals surface area contributed by atoms with Crippen LogP contribution in [0.3, 0.4) is 0 Å². The van der Waals surface area contributed by atoms with Gasteiger partial charge >= 0.3 is 5.97 Å². The van der Waals surface area contributed by atoms with Gasteiger partial charge in [-0.2, -0.15) is 0 Å². The minimum atomic E-state index is -0.903. The zero-order valence-electron chi connectivity index (χ0n) is 17.4. The quantitative estimate of drug-likeness (QED) is 0.589. The van der Waals surface area contributed by atoms with Crippen LogP contribution in [0.15, 0.2) is 52.9 Å². The fourth-order valence-corrected chi connectivity index (χ4v) is 3.94. The van der Waals surface area contributed by atoms with Gasteiger partial charge in [-0.3, -0.25) is 9.69 Å². The molecule has 2 aromatic carbocycles. The van der Waals surface area contributed by atoms with Crippen LogP contribution < -0.4 is 4.74 Å². The summed E-state index contributed by atoms with van der Waals surface area (Å²) in [5, 5.41) is 9.75. The number of carboxylic acids is 1. The Bertz CT molecular complexity index is 1110. The van der Waals surface area contributed by atoms with E-state index in [9.17, 15) is 9.90 Å². The van der Waals surface area contributed by atoms with Gasteiger partial charge in [0.2, 0.25) is 5.89 Å². The van der Waals surface area contributed by atoms with E-state index in [0.717, 1.165) is 34.6 Å². The molecule has 0 saturated carbocycles. The fraction of sp³-hybridized carbons (Fsp3) is 0.280. The van der Waals surface area contributed by atoms with Crippen molar-refractivity contribution in [3.63, 3.8) is 0 Å². The summed E-state index contributed by atoms with van der Waals surface area (Å²) in [5.41, 5.74) is 3.55. The largest absolute Gasteiger partial charge is 0.493 e. The van der Waals surface area contributed by atoms with Gasteiger partial charge in [0.1, 0.15) is 17.6 Å². The highest BCUT2D eigenvalue weighted by Crippen LogP contribution is 2.32. The van der Waals surface area contributed by atoms with Crippen LogP contribution in [-0.4, -0.2) is 40.7 Å². The van der Waals surface area contributed by atoms with Crippen LogP contribution in [0.2, 0.25) is 0 Å². The number of oxazole rings is 1. The van der Waals surface area contributed by atoms with E-state index < -0.39 is 12.0 Å². The van der Waals surface area contributed by atoms with Gasteiger partial charge in [0.05, 0.1) is 18.8 Å². The number of rotatable bonds is 7. The molecule has 0 saturated heterocycles. The van der Waals surface area contributed by atoms with Gasteiger partial charge in [-0.1, -0.05) is 30.2 Å². The molecule has 0 bridgehead atoms. The molecule has 1 atom stereocenters. The summed E-state index contributed by atoms with van der Waals surface area (Å²) in [6.07, 6.45) is 6.77. The molecule has 2 heterocycles. The number of carboxylic acid groups (broad SMARTS) is 1. The van der Waals surface area contributed by atoms with Crippen LogP contribution in [0.4, 0.5) is 0 Å². The van der Waals surface area contributed by atoms with Crippen molar-refractivity contribution in [3.8, 4) is 29.5 Å². The summed E-state index contributed by atoms with van der Waals surface area (Å²) in [4.78, 5) is 18.3. The Morgan fingerprint density at radius 3 is 2.87 bits per heavy atom. The Morgan fingerprint density at radius 1 is 1.32 bits per heavy atom. The number of hydrogen-bond acceptors (Lipinski definition) is 5. The van der Waals surface area contributed by atoms with Crippen LogP contribution >= 0.6 is 0 Å². The molecule has 0 aliphatic carbocycles. The molecule has 0 radical (unpaired) electrons. The molecule has 3 aromatic rings. The molecular weight excluding hydrogens is 392 g/mol. The Balaban J connectivity index is 1.45. The second kappa shape index (κ2) is 9.07. The van der Waals surface area contributed by atoms with Crippen molar-refractivity contribution in [1.29, 1.82) is 0 Å². The van der Waals surface area contributed by atoms with Crippen LogP contribution in [0.5, 0.6) is 5.75 Å². The van der Waals surface area contributed by atoms with Gasteiger partial charge in [0.15, 0.2) is 0 Å². The summed E-state index contributed by atoms with van der Waals surface area (Å²) in [6, 6.07) is 14.7. The Hall–Kier alpha value is -3.56. The van der Waals surface area contributed by atoms with Gasteiger partial charge in [-0.15, -0.1) is 6.42 Å². The molecule has 1 aliphatic heterocycles. The first-order valence-electron chi connectivity index (χ1n) is 10.2.